The number of benzene rings is 2. The van der Waals surface area contributed by atoms with Crippen molar-refractivity contribution < 1.29 is 9.13 Å². The van der Waals surface area contributed by atoms with Gasteiger partial charge < -0.3 is 15.2 Å². The van der Waals surface area contributed by atoms with Gasteiger partial charge in [-0.15, -0.1) is 0 Å². The maximum Gasteiger partial charge on any atom is 0.252 e. The highest BCUT2D eigenvalue weighted by atomic mass is 32.3. The van der Waals surface area contributed by atoms with Gasteiger partial charge in [-0.1, -0.05) is 40.5 Å². The number of halogens is 1. The van der Waals surface area contributed by atoms with E-state index in [1.165, 1.54) is 0 Å². The van der Waals surface area contributed by atoms with Crippen LogP contribution in [0, 0.1) is 0 Å². The molecule has 3 N–H and O–H groups in total. The fraction of sp³-hybridized carbons (Fsp3) is 0.176. The number of nitrogens with one attached hydrogen (secondary N) is 1. The Morgan fingerprint density at radius 2 is 1.96 bits per heavy atom. The molecule has 7 heteroatoms. The van der Waals surface area contributed by atoms with Crippen LogP contribution in [0.2, 0.25) is 0 Å². The van der Waals surface area contributed by atoms with Crippen LogP contribution in [0.3, 0.4) is 0 Å². The molecule has 0 bridgehead atoms. The van der Waals surface area contributed by atoms with Crippen molar-refractivity contribution in [2.75, 3.05) is 12.9 Å². The summed E-state index contributed by atoms with van der Waals surface area (Å²) < 4.78 is 23.3. The van der Waals surface area contributed by atoms with Crippen LogP contribution >= 0.6 is 22.4 Å². The largest absolute Gasteiger partial charge is 0.496 e. The maximum atomic E-state index is 14.9. The summed E-state index contributed by atoms with van der Waals surface area (Å²) in [5.74, 6) is 1.28. The summed E-state index contributed by atoms with van der Waals surface area (Å²) in [5.41, 5.74) is 7.34. The van der Waals surface area contributed by atoms with Gasteiger partial charge >= 0.3 is 0 Å². The van der Waals surface area contributed by atoms with Crippen LogP contribution in [0.25, 0.3) is 0 Å². The highest BCUT2D eigenvalue weighted by Gasteiger charge is 2.39. The monoisotopic (exact) mass is 363 g/mol. The molecule has 1 unspecified atom stereocenters. The lowest BCUT2D eigenvalue weighted by atomic mass is 10.1. The van der Waals surface area contributed by atoms with E-state index < -0.39 is 15.5 Å². The van der Waals surface area contributed by atoms with Crippen LogP contribution in [-0.4, -0.2) is 23.3 Å². The first kappa shape index (κ1) is 16.7. The summed E-state index contributed by atoms with van der Waals surface area (Å²) in [6.45, 7) is 0. The van der Waals surface area contributed by atoms with Gasteiger partial charge in [-0.3, -0.25) is 0 Å². The predicted molar refractivity (Wildman–Crippen MR) is 102 cm³/mol. The fourth-order valence-corrected chi connectivity index (χ4v) is 5.99. The van der Waals surface area contributed by atoms with E-state index in [1.807, 2.05) is 42.5 Å². The van der Waals surface area contributed by atoms with Gasteiger partial charge in [-0.05, 0) is 42.4 Å². The van der Waals surface area contributed by atoms with E-state index >= 15 is 0 Å². The number of nitrogens with zero attached hydrogens (tertiary/aromatic N) is 1. The minimum atomic E-state index is -2.21. The van der Waals surface area contributed by atoms with Crippen LogP contribution < -0.4 is 15.2 Å². The summed E-state index contributed by atoms with van der Waals surface area (Å²) in [4.78, 5) is 4.92. The smallest absolute Gasteiger partial charge is 0.252 e. The average molecular weight is 363 g/mol. The number of aryl methyl sites for hydroxylation is 1. The number of thiocarbonyl (C=S) groups is 1. The van der Waals surface area contributed by atoms with Gasteiger partial charge in [0.25, 0.3) is 5.30 Å². The zero-order valence-electron chi connectivity index (χ0n) is 13.2. The number of fused-ring (bicyclic) bond motifs is 1. The molecule has 0 saturated carbocycles. The van der Waals surface area contributed by atoms with Gasteiger partial charge in [0.1, 0.15) is 5.75 Å². The molecule has 1 aliphatic rings. The second kappa shape index (κ2) is 6.78. The zero-order chi connectivity index (χ0) is 17.2. The number of hydrogen-bond acceptors (Lipinski definition) is 3. The molecule has 0 spiro atoms. The fourth-order valence-electron chi connectivity index (χ4n) is 2.79. The Hall–Kier alpha value is -2.12. The summed E-state index contributed by atoms with van der Waals surface area (Å²) in [5, 5.41) is -0.363. The van der Waals surface area contributed by atoms with Crippen molar-refractivity contribution in [3.05, 3.63) is 54.1 Å². The number of hydrogen-bond donors (Lipinski definition) is 2. The topological polar surface area (TPSA) is 59.6 Å². The number of nitrogens with two attached hydrogens (primary N) is 1. The van der Waals surface area contributed by atoms with Crippen molar-refractivity contribution in [2.45, 2.75) is 11.3 Å². The first-order valence-corrected chi connectivity index (χ1v) is 9.61. The molecule has 2 aromatic rings. The highest BCUT2D eigenvalue weighted by Crippen LogP contribution is 2.62. The Morgan fingerprint density at radius 3 is 2.71 bits per heavy atom. The van der Waals surface area contributed by atoms with Gasteiger partial charge in [-0.25, -0.2) is 4.99 Å². The lowest BCUT2D eigenvalue weighted by Gasteiger charge is -2.35. The van der Waals surface area contributed by atoms with E-state index in [0.29, 0.717) is 17.9 Å². The SMILES string of the molecule is COc1ccccc1CCS1(NC(N)=S)C(F)=Nc2ccccc21. The Bertz CT molecular complexity index is 812. The molecule has 126 valence electrons. The molecule has 0 aliphatic carbocycles. The first-order chi connectivity index (χ1) is 11.6. The molecule has 24 heavy (non-hydrogen) atoms. The van der Waals surface area contributed by atoms with E-state index in [1.54, 1.807) is 13.2 Å². The van der Waals surface area contributed by atoms with Gasteiger partial charge in [0.2, 0.25) is 0 Å². The molecular formula is C17H18FN3OS2. The van der Waals surface area contributed by atoms with Crippen molar-refractivity contribution in [3.8, 4) is 5.75 Å². The van der Waals surface area contributed by atoms with E-state index in [-0.39, 0.29) is 5.11 Å². The van der Waals surface area contributed by atoms with Crippen molar-refractivity contribution in [2.24, 2.45) is 10.7 Å². The molecule has 1 atom stereocenters. The van der Waals surface area contributed by atoms with E-state index in [2.05, 4.69) is 9.71 Å². The van der Waals surface area contributed by atoms with Crippen LogP contribution in [0.4, 0.5) is 10.1 Å². The Morgan fingerprint density at radius 1 is 1.25 bits per heavy atom. The number of para-hydroxylation sites is 2. The van der Waals surface area contributed by atoms with Gasteiger partial charge in [0, 0.05) is 10.6 Å². The van der Waals surface area contributed by atoms with Gasteiger partial charge in [0.05, 0.1) is 12.8 Å². The standard InChI is InChI=1S/C17H18FN3OS2/c1-22-14-8-4-2-6-12(14)10-11-24(21-17(19)23)15-9-5-3-7-13(15)20-16(24)18/h2-9H,10-11H2,1H3,(H3,19,21,23). The molecule has 0 amide bonds. The second-order valence-electron chi connectivity index (χ2n) is 5.30. The minimum absolute atomic E-state index is 0.0760. The second-order valence-corrected chi connectivity index (χ2v) is 8.61. The molecule has 4 nitrogen and oxygen atoms in total. The maximum absolute atomic E-state index is 14.9. The summed E-state index contributed by atoms with van der Waals surface area (Å²) in [6.07, 6.45) is 0.617. The number of ether oxygens (including phenoxy) is 1. The molecule has 1 heterocycles. The third kappa shape index (κ3) is 2.97. The molecular weight excluding hydrogens is 345 g/mol. The highest BCUT2D eigenvalue weighted by molar-refractivity contribution is 8.44. The van der Waals surface area contributed by atoms with Crippen molar-refractivity contribution >= 4 is 38.5 Å². The Kier molecular flexibility index (Phi) is 4.73. The molecule has 0 fully saturated rings. The lowest BCUT2D eigenvalue weighted by Crippen LogP contribution is -2.36. The van der Waals surface area contributed by atoms with Gasteiger partial charge in [0.15, 0.2) is 5.11 Å². The summed E-state index contributed by atoms with van der Waals surface area (Å²) >= 11 is 5.01. The van der Waals surface area contributed by atoms with Crippen LogP contribution in [-0.2, 0) is 6.42 Å². The van der Waals surface area contributed by atoms with Crippen LogP contribution in [0.15, 0.2) is 58.4 Å². The third-order valence-electron chi connectivity index (χ3n) is 3.88. The van der Waals surface area contributed by atoms with E-state index in [9.17, 15) is 4.39 Å². The Labute approximate surface area is 147 Å². The molecule has 0 radical (unpaired) electrons. The molecule has 2 aromatic carbocycles. The molecule has 3 rings (SSSR count). The minimum Gasteiger partial charge on any atom is -0.496 e. The molecule has 0 aromatic heterocycles. The van der Waals surface area contributed by atoms with Crippen molar-refractivity contribution in [3.63, 3.8) is 0 Å². The normalized spacial score (nSPS) is 21.3. The summed E-state index contributed by atoms with van der Waals surface area (Å²) in [6, 6.07) is 15.1. The number of aliphatic imine (C=N–C) groups is 1. The van der Waals surface area contributed by atoms with Crippen LogP contribution in [0.1, 0.15) is 5.56 Å². The number of rotatable bonds is 5. The number of methoxy groups -OCH3 is 1. The molecule has 1 aliphatic heterocycles. The third-order valence-corrected chi connectivity index (χ3v) is 7.26. The quantitative estimate of drug-likeness (QED) is 0.793. The first-order valence-electron chi connectivity index (χ1n) is 7.40. The predicted octanol–water partition coefficient (Wildman–Crippen LogP) is 3.82. The van der Waals surface area contributed by atoms with E-state index in [4.69, 9.17) is 22.7 Å². The zero-order valence-corrected chi connectivity index (χ0v) is 14.8. The van der Waals surface area contributed by atoms with Crippen molar-refractivity contribution in [1.82, 2.24) is 4.72 Å². The Balaban J connectivity index is 1.96. The van der Waals surface area contributed by atoms with Gasteiger partial charge in [-0.2, -0.15) is 4.39 Å². The van der Waals surface area contributed by atoms with Crippen LogP contribution in [0.5, 0.6) is 5.75 Å². The summed E-state index contributed by atoms with van der Waals surface area (Å²) in [7, 11) is -0.583. The molecule has 0 saturated heterocycles. The average Bonchev–Trinajstić information content (AvgIpc) is 2.85. The lowest BCUT2D eigenvalue weighted by molar-refractivity contribution is 0.410. The van der Waals surface area contributed by atoms with Crippen molar-refractivity contribution in [1.29, 1.82) is 0 Å². The van der Waals surface area contributed by atoms with E-state index in [0.717, 1.165) is 16.2 Å².